The maximum absolute atomic E-state index is 13.5. The van der Waals surface area contributed by atoms with E-state index in [9.17, 15) is 4.79 Å². The fourth-order valence-corrected chi connectivity index (χ4v) is 4.64. The van der Waals surface area contributed by atoms with Gasteiger partial charge in [-0.3, -0.25) is 4.79 Å². The number of fused-ring (bicyclic) bond motifs is 1. The summed E-state index contributed by atoms with van der Waals surface area (Å²) in [5.74, 6) is 1.07. The standard InChI is InChI=1S/C25H26N4O2/c1-18-15-20(27-31-18)16-28-11-13-29(14-12-28)17-23(30)24-21-9-5-6-10-22(21)26-25(24)19-7-3-2-4-8-19/h2-10,15,26H,11-14,16-17H2,1H3/p+2. The second-order valence-electron chi connectivity index (χ2n) is 8.49. The fraction of sp³-hybridized carbons (Fsp3) is 0.280. The van der Waals surface area contributed by atoms with Gasteiger partial charge in [-0.05, 0) is 18.6 Å². The summed E-state index contributed by atoms with van der Waals surface area (Å²) < 4.78 is 5.19. The number of carbonyl (C=O) groups excluding carboxylic acids is 1. The third-order valence-corrected chi connectivity index (χ3v) is 6.23. The normalized spacial score (nSPS) is 19.0. The Labute approximate surface area is 181 Å². The molecular weight excluding hydrogens is 388 g/mol. The van der Waals surface area contributed by atoms with Gasteiger partial charge in [0.2, 0.25) is 5.78 Å². The Morgan fingerprint density at radius 3 is 2.45 bits per heavy atom. The van der Waals surface area contributed by atoms with Crippen LogP contribution in [0.2, 0.25) is 0 Å². The van der Waals surface area contributed by atoms with Gasteiger partial charge in [-0.2, -0.15) is 0 Å². The van der Waals surface area contributed by atoms with Gasteiger partial charge in [0.1, 0.15) is 50.7 Å². The van der Waals surface area contributed by atoms with Crippen LogP contribution in [0, 0.1) is 6.92 Å². The van der Waals surface area contributed by atoms with Crippen LogP contribution < -0.4 is 9.80 Å². The van der Waals surface area contributed by atoms with Crippen LogP contribution in [0.4, 0.5) is 0 Å². The summed E-state index contributed by atoms with van der Waals surface area (Å²) in [4.78, 5) is 19.8. The minimum atomic E-state index is 0.210. The quantitative estimate of drug-likeness (QED) is 0.415. The van der Waals surface area contributed by atoms with Gasteiger partial charge in [0.15, 0.2) is 0 Å². The van der Waals surface area contributed by atoms with Crippen molar-refractivity contribution in [3.05, 3.63) is 77.7 Å². The maximum atomic E-state index is 13.5. The molecular formula is C25H28N4O2+2. The van der Waals surface area contributed by atoms with Crippen LogP contribution in [0.5, 0.6) is 0 Å². The molecule has 0 radical (unpaired) electrons. The number of hydrogen-bond acceptors (Lipinski definition) is 3. The molecule has 2 aromatic carbocycles. The number of nitrogens with zero attached hydrogens (tertiary/aromatic N) is 1. The van der Waals surface area contributed by atoms with Crippen LogP contribution in [0.25, 0.3) is 22.2 Å². The van der Waals surface area contributed by atoms with Crippen molar-refractivity contribution in [3.8, 4) is 11.3 Å². The molecule has 2 aromatic heterocycles. The molecule has 1 aliphatic heterocycles. The molecule has 0 unspecified atom stereocenters. The Morgan fingerprint density at radius 1 is 1.00 bits per heavy atom. The highest BCUT2D eigenvalue weighted by atomic mass is 16.5. The first-order valence-electron chi connectivity index (χ1n) is 11.0. The van der Waals surface area contributed by atoms with Crippen molar-refractivity contribution in [2.75, 3.05) is 32.7 Å². The summed E-state index contributed by atoms with van der Waals surface area (Å²) in [6.07, 6.45) is 0. The highest BCUT2D eigenvalue weighted by Crippen LogP contribution is 2.30. The van der Waals surface area contributed by atoms with Crippen LogP contribution in [0.15, 0.2) is 65.2 Å². The zero-order valence-corrected chi connectivity index (χ0v) is 17.8. The smallest absolute Gasteiger partial charge is 0.219 e. The third kappa shape index (κ3) is 4.17. The number of benzene rings is 2. The number of hydrogen-bond donors (Lipinski definition) is 3. The number of Topliss-reactive ketones (excluding diaryl/α,β-unsaturated/α-hetero) is 1. The van der Waals surface area contributed by atoms with Gasteiger partial charge < -0.3 is 19.3 Å². The molecule has 1 saturated heterocycles. The number of quaternary nitrogens is 2. The minimum Gasteiger partial charge on any atom is -0.361 e. The first-order chi connectivity index (χ1) is 15.2. The molecule has 5 rings (SSSR count). The largest absolute Gasteiger partial charge is 0.361 e. The van der Waals surface area contributed by atoms with Crippen LogP contribution >= 0.6 is 0 Å². The number of carbonyl (C=O) groups is 1. The molecule has 0 saturated carbocycles. The van der Waals surface area contributed by atoms with E-state index in [0.29, 0.717) is 6.54 Å². The molecule has 6 heteroatoms. The summed E-state index contributed by atoms with van der Waals surface area (Å²) in [6.45, 7) is 7.38. The van der Waals surface area contributed by atoms with Crippen molar-refractivity contribution < 1.29 is 19.1 Å². The number of ketones is 1. The SMILES string of the molecule is Cc1cc(C[NH+]2CC[NH+](CC(=O)c3c(-c4ccccc4)[nH]c4ccccc34)CC2)no1. The lowest BCUT2D eigenvalue weighted by Gasteiger charge is -2.28. The van der Waals surface area contributed by atoms with Crippen molar-refractivity contribution in [1.82, 2.24) is 10.1 Å². The van der Waals surface area contributed by atoms with Crippen molar-refractivity contribution in [2.45, 2.75) is 13.5 Å². The van der Waals surface area contributed by atoms with Gasteiger partial charge in [0.25, 0.3) is 0 Å². The lowest BCUT2D eigenvalue weighted by atomic mass is 10.0. The number of piperazine rings is 1. The molecule has 0 spiro atoms. The van der Waals surface area contributed by atoms with Crippen molar-refractivity contribution in [2.24, 2.45) is 0 Å². The van der Waals surface area contributed by atoms with Gasteiger partial charge in [-0.1, -0.05) is 53.7 Å². The Kier molecular flexibility index (Phi) is 5.40. The molecule has 0 bridgehead atoms. The van der Waals surface area contributed by atoms with Crippen molar-refractivity contribution in [3.63, 3.8) is 0 Å². The highest BCUT2D eigenvalue weighted by molar-refractivity contribution is 6.13. The molecule has 158 valence electrons. The monoisotopic (exact) mass is 416 g/mol. The van der Waals surface area contributed by atoms with Gasteiger partial charge in [0.05, 0.1) is 11.3 Å². The lowest BCUT2D eigenvalue weighted by molar-refractivity contribution is -1.02. The summed E-state index contributed by atoms with van der Waals surface area (Å²) in [7, 11) is 0. The molecule has 0 aliphatic carbocycles. The van der Waals surface area contributed by atoms with Gasteiger partial charge >= 0.3 is 0 Å². The third-order valence-electron chi connectivity index (χ3n) is 6.23. The van der Waals surface area contributed by atoms with E-state index in [4.69, 9.17) is 4.52 Å². The van der Waals surface area contributed by atoms with Gasteiger partial charge in [-0.15, -0.1) is 0 Å². The topological polar surface area (TPSA) is 67.8 Å². The van der Waals surface area contributed by atoms with E-state index in [1.807, 2.05) is 55.5 Å². The Hall–Kier alpha value is -3.22. The van der Waals surface area contributed by atoms with Crippen LogP contribution in [0.3, 0.4) is 0 Å². The summed E-state index contributed by atoms with van der Waals surface area (Å²) in [5.41, 5.74) is 4.82. The summed E-state index contributed by atoms with van der Waals surface area (Å²) in [5, 5.41) is 5.13. The van der Waals surface area contributed by atoms with Crippen molar-refractivity contribution in [1.29, 1.82) is 0 Å². The average molecular weight is 417 g/mol. The summed E-state index contributed by atoms with van der Waals surface area (Å²) >= 11 is 0. The Bertz CT molecular complexity index is 1190. The predicted molar refractivity (Wildman–Crippen MR) is 119 cm³/mol. The van der Waals surface area contributed by atoms with Gasteiger partial charge in [-0.25, -0.2) is 0 Å². The molecule has 3 N–H and O–H groups in total. The first-order valence-corrected chi connectivity index (χ1v) is 11.0. The number of nitrogens with one attached hydrogen (secondary N) is 3. The fourth-order valence-electron chi connectivity index (χ4n) is 4.64. The minimum absolute atomic E-state index is 0.210. The molecule has 0 amide bonds. The molecule has 31 heavy (non-hydrogen) atoms. The van der Waals surface area contributed by atoms with Gasteiger partial charge in [0, 0.05) is 17.0 Å². The first kappa shape index (κ1) is 19.7. The number of aromatic amines is 1. The van der Waals surface area contributed by atoms with Crippen LogP contribution in [-0.4, -0.2) is 48.6 Å². The number of para-hydroxylation sites is 1. The number of aryl methyl sites for hydroxylation is 1. The number of aromatic nitrogens is 2. The zero-order chi connectivity index (χ0) is 21.2. The molecule has 6 nitrogen and oxygen atoms in total. The summed E-state index contributed by atoms with van der Waals surface area (Å²) in [6, 6.07) is 20.2. The van der Waals surface area contributed by atoms with E-state index in [1.54, 1.807) is 0 Å². The van der Waals surface area contributed by atoms with E-state index in [-0.39, 0.29) is 5.78 Å². The Morgan fingerprint density at radius 2 is 1.71 bits per heavy atom. The molecule has 3 heterocycles. The molecule has 4 aromatic rings. The molecule has 0 atom stereocenters. The second-order valence-corrected chi connectivity index (χ2v) is 8.49. The van der Waals surface area contributed by atoms with E-state index in [0.717, 1.165) is 71.9 Å². The highest BCUT2D eigenvalue weighted by Gasteiger charge is 2.28. The van der Waals surface area contributed by atoms with Crippen molar-refractivity contribution >= 4 is 16.7 Å². The number of H-pyrrole nitrogens is 1. The van der Waals surface area contributed by atoms with E-state index >= 15 is 0 Å². The Balaban J connectivity index is 1.31. The molecule has 1 aliphatic rings. The van der Waals surface area contributed by atoms with Crippen LogP contribution in [-0.2, 0) is 6.54 Å². The predicted octanol–water partition coefficient (Wildman–Crippen LogP) is 1.30. The maximum Gasteiger partial charge on any atom is 0.219 e. The second kappa shape index (κ2) is 8.49. The zero-order valence-electron chi connectivity index (χ0n) is 17.8. The van der Waals surface area contributed by atoms with Crippen LogP contribution in [0.1, 0.15) is 21.8 Å². The average Bonchev–Trinajstić information content (AvgIpc) is 3.39. The van der Waals surface area contributed by atoms with E-state index in [1.165, 1.54) is 9.80 Å². The molecule has 1 fully saturated rings. The van der Waals surface area contributed by atoms with E-state index in [2.05, 4.69) is 22.3 Å². The number of rotatable bonds is 6. The lowest BCUT2D eigenvalue weighted by Crippen LogP contribution is -3.27. The van der Waals surface area contributed by atoms with E-state index < -0.39 is 0 Å².